The van der Waals surface area contributed by atoms with Crippen LogP contribution in [0.4, 0.5) is 0 Å². The minimum Gasteiger partial charge on any atom is -0.394 e. The molecule has 11 heteroatoms. The average Bonchev–Trinajstić information content (AvgIpc) is 2.56. The standard InChI is InChI=1S/C14H25NO10/c1-5(18)15-10-13(22)12(21)8(4-17)25-14(10)24-6-2-9(19)23-7(3-16)11(6)20/h6-14,16-17,19-22H,2-4H2,1H3,(H,15,18)/t6-,7?,8?,9-,10?,11-,12+,13-,14+/m1/s1. The minimum absolute atomic E-state index is 0.146. The van der Waals surface area contributed by atoms with Crippen molar-refractivity contribution >= 4 is 5.91 Å². The molecule has 0 aromatic rings. The van der Waals surface area contributed by atoms with Crippen LogP contribution in [0.5, 0.6) is 0 Å². The Kier molecular flexibility index (Phi) is 7.08. The molecule has 146 valence electrons. The molecule has 25 heavy (non-hydrogen) atoms. The molecule has 0 saturated carbocycles. The zero-order valence-corrected chi connectivity index (χ0v) is 13.6. The molecule has 2 fully saturated rings. The van der Waals surface area contributed by atoms with Crippen molar-refractivity contribution in [1.82, 2.24) is 5.32 Å². The summed E-state index contributed by atoms with van der Waals surface area (Å²) in [4.78, 5) is 11.4. The smallest absolute Gasteiger partial charge is 0.217 e. The van der Waals surface area contributed by atoms with E-state index in [9.17, 15) is 35.4 Å². The maximum atomic E-state index is 11.4. The SMILES string of the molecule is CC(=O)NC1[C@@H](O[C@@H]2C[C@H](O)OC(CO)[C@@H]2O)OC(CO)[C@H](O)[C@@H]1O. The van der Waals surface area contributed by atoms with Gasteiger partial charge in [-0.3, -0.25) is 4.79 Å². The first-order chi connectivity index (χ1) is 11.8. The lowest BCUT2D eigenvalue weighted by Gasteiger charge is -2.45. The van der Waals surface area contributed by atoms with E-state index in [4.69, 9.17) is 14.2 Å². The molecule has 2 rings (SSSR count). The number of aliphatic hydroxyl groups excluding tert-OH is 6. The largest absolute Gasteiger partial charge is 0.394 e. The second-order valence-corrected chi connectivity index (χ2v) is 6.15. The van der Waals surface area contributed by atoms with Crippen LogP contribution in [-0.2, 0) is 19.0 Å². The fourth-order valence-electron chi connectivity index (χ4n) is 2.96. The second-order valence-electron chi connectivity index (χ2n) is 6.15. The average molecular weight is 367 g/mol. The molecule has 0 bridgehead atoms. The maximum absolute atomic E-state index is 11.4. The summed E-state index contributed by atoms with van der Waals surface area (Å²) in [5.41, 5.74) is 0. The molecule has 3 unspecified atom stereocenters. The number of hydrogen-bond acceptors (Lipinski definition) is 10. The molecule has 2 aliphatic rings. The maximum Gasteiger partial charge on any atom is 0.217 e. The highest BCUT2D eigenvalue weighted by atomic mass is 16.7. The third kappa shape index (κ3) is 4.64. The van der Waals surface area contributed by atoms with E-state index in [2.05, 4.69) is 5.32 Å². The van der Waals surface area contributed by atoms with Crippen molar-refractivity contribution in [2.45, 2.75) is 68.6 Å². The minimum atomic E-state index is -1.49. The predicted octanol–water partition coefficient (Wildman–Crippen LogP) is -4.22. The second kappa shape index (κ2) is 8.66. The van der Waals surface area contributed by atoms with Crippen LogP contribution in [0.3, 0.4) is 0 Å². The van der Waals surface area contributed by atoms with Gasteiger partial charge in [0.05, 0.1) is 19.3 Å². The molecule has 0 aliphatic carbocycles. The Morgan fingerprint density at radius 1 is 1.04 bits per heavy atom. The highest BCUT2D eigenvalue weighted by molar-refractivity contribution is 5.73. The van der Waals surface area contributed by atoms with Crippen molar-refractivity contribution in [1.29, 1.82) is 0 Å². The molecule has 7 N–H and O–H groups in total. The lowest BCUT2D eigenvalue weighted by Crippen LogP contribution is -2.66. The van der Waals surface area contributed by atoms with E-state index in [1.807, 2.05) is 0 Å². The van der Waals surface area contributed by atoms with Gasteiger partial charge in [-0.05, 0) is 0 Å². The Hall–Kier alpha value is -0.890. The monoisotopic (exact) mass is 367 g/mol. The van der Waals surface area contributed by atoms with Gasteiger partial charge < -0.3 is 50.2 Å². The Labute approximate surface area is 143 Å². The molecule has 0 aromatic carbocycles. The number of hydrogen-bond donors (Lipinski definition) is 7. The molecule has 0 aromatic heterocycles. The first-order valence-corrected chi connectivity index (χ1v) is 7.96. The Bertz CT molecular complexity index is 451. The molecule has 11 nitrogen and oxygen atoms in total. The van der Waals surface area contributed by atoms with Crippen LogP contribution in [0.2, 0.25) is 0 Å². The van der Waals surface area contributed by atoms with E-state index in [-0.39, 0.29) is 6.42 Å². The summed E-state index contributed by atoms with van der Waals surface area (Å²) >= 11 is 0. The number of ether oxygens (including phenoxy) is 3. The topological polar surface area (TPSA) is 178 Å². The van der Waals surface area contributed by atoms with Gasteiger partial charge in [0.1, 0.15) is 36.6 Å². The van der Waals surface area contributed by atoms with Gasteiger partial charge in [-0.2, -0.15) is 0 Å². The number of carbonyl (C=O) groups is 1. The number of nitrogens with one attached hydrogen (secondary N) is 1. The first kappa shape index (κ1) is 20.4. The molecule has 2 aliphatic heterocycles. The van der Waals surface area contributed by atoms with Crippen LogP contribution in [0.15, 0.2) is 0 Å². The third-order valence-corrected chi connectivity index (χ3v) is 4.27. The van der Waals surface area contributed by atoms with Crippen molar-refractivity contribution < 1.29 is 49.6 Å². The van der Waals surface area contributed by atoms with E-state index in [0.717, 1.165) is 0 Å². The van der Waals surface area contributed by atoms with E-state index in [1.165, 1.54) is 6.92 Å². The van der Waals surface area contributed by atoms with Crippen LogP contribution < -0.4 is 5.32 Å². The van der Waals surface area contributed by atoms with Gasteiger partial charge in [-0.25, -0.2) is 0 Å². The van der Waals surface area contributed by atoms with Crippen LogP contribution in [-0.4, -0.2) is 105 Å². The molecule has 2 saturated heterocycles. The Balaban J connectivity index is 2.15. The third-order valence-electron chi connectivity index (χ3n) is 4.27. The molecule has 0 spiro atoms. The summed E-state index contributed by atoms with van der Waals surface area (Å²) in [6.07, 6.45) is -10.3. The number of amides is 1. The Morgan fingerprint density at radius 2 is 1.64 bits per heavy atom. The van der Waals surface area contributed by atoms with Gasteiger partial charge in [0.15, 0.2) is 12.6 Å². The molecule has 1 amide bonds. The fraction of sp³-hybridized carbons (Fsp3) is 0.929. The number of aliphatic hydroxyl groups is 6. The van der Waals surface area contributed by atoms with Crippen molar-refractivity contribution in [3.8, 4) is 0 Å². The quantitative estimate of drug-likeness (QED) is 0.252. The summed E-state index contributed by atoms with van der Waals surface area (Å²) in [7, 11) is 0. The van der Waals surface area contributed by atoms with Crippen LogP contribution in [0, 0.1) is 0 Å². The zero-order valence-electron chi connectivity index (χ0n) is 13.6. The zero-order chi connectivity index (χ0) is 18.7. The fourth-order valence-corrected chi connectivity index (χ4v) is 2.96. The van der Waals surface area contributed by atoms with Crippen molar-refractivity contribution in [3.05, 3.63) is 0 Å². The molecular formula is C14H25NO10. The lowest BCUT2D eigenvalue weighted by molar-refractivity contribution is -0.316. The van der Waals surface area contributed by atoms with E-state index < -0.39 is 74.4 Å². The van der Waals surface area contributed by atoms with Crippen molar-refractivity contribution in [2.75, 3.05) is 13.2 Å². The summed E-state index contributed by atoms with van der Waals surface area (Å²) in [6, 6.07) is -1.17. The normalized spacial score (nSPS) is 45.2. The van der Waals surface area contributed by atoms with Gasteiger partial charge in [0.2, 0.25) is 5.91 Å². The highest BCUT2D eigenvalue weighted by Crippen LogP contribution is 2.28. The molecular weight excluding hydrogens is 342 g/mol. The summed E-state index contributed by atoms with van der Waals surface area (Å²) < 4.78 is 16.0. The van der Waals surface area contributed by atoms with Crippen LogP contribution >= 0.6 is 0 Å². The van der Waals surface area contributed by atoms with E-state index in [0.29, 0.717) is 0 Å². The van der Waals surface area contributed by atoms with Gasteiger partial charge in [0, 0.05) is 13.3 Å². The van der Waals surface area contributed by atoms with Crippen molar-refractivity contribution in [2.24, 2.45) is 0 Å². The van der Waals surface area contributed by atoms with Crippen molar-refractivity contribution in [3.63, 3.8) is 0 Å². The predicted molar refractivity (Wildman–Crippen MR) is 78.8 cm³/mol. The summed E-state index contributed by atoms with van der Waals surface area (Å²) in [6.45, 7) is 0.0333. The lowest BCUT2D eigenvalue weighted by atomic mass is 9.96. The Morgan fingerprint density at radius 3 is 2.20 bits per heavy atom. The summed E-state index contributed by atoms with van der Waals surface area (Å²) in [5.74, 6) is -0.517. The van der Waals surface area contributed by atoms with Crippen LogP contribution in [0.25, 0.3) is 0 Å². The molecule has 2 heterocycles. The van der Waals surface area contributed by atoms with E-state index in [1.54, 1.807) is 0 Å². The summed E-state index contributed by atoms with van der Waals surface area (Å²) in [5, 5.41) is 60.8. The van der Waals surface area contributed by atoms with Gasteiger partial charge in [0.25, 0.3) is 0 Å². The van der Waals surface area contributed by atoms with Gasteiger partial charge in [-0.1, -0.05) is 0 Å². The number of carbonyl (C=O) groups excluding carboxylic acids is 1. The van der Waals surface area contributed by atoms with Gasteiger partial charge >= 0.3 is 0 Å². The highest BCUT2D eigenvalue weighted by Gasteiger charge is 2.48. The first-order valence-electron chi connectivity index (χ1n) is 7.96. The molecule has 0 radical (unpaired) electrons. The molecule has 9 atom stereocenters. The van der Waals surface area contributed by atoms with E-state index >= 15 is 0 Å². The van der Waals surface area contributed by atoms with Gasteiger partial charge in [-0.15, -0.1) is 0 Å². The number of rotatable bonds is 5. The van der Waals surface area contributed by atoms with Crippen LogP contribution in [0.1, 0.15) is 13.3 Å².